The Balaban J connectivity index is 2.07. The van der Waals surface area contributed by atoms with Crippen LogP contribution in [0.2, 0.25) is 1.41 Å². The quantitative estimate of drug-likeness (QED) is 0.828. The molecule has 2 aliphatic rings. The lowest BCUT2D eigenvalue weighted by molar-refractivity contribution is 0.330. The van der Waals surface area contributed by atoms with E-state index in [0.717, 1.165) is 24.1 Å². The SMILES string of the molecule is [2H]N1CCC2(CC1)CN(S(C)(=O)=O)c1ccccc12. The molecule has 98 valence electrons. The molecule has 0 bridgehead atoms. The van der Waals surface area contributed by atoms with E-state index in [4.69, 9.17) is 1.41 Å². The standard InChI is InChI=1S/C13H18N2O2S/c1-18(16,17)15-10-13(6-8-14-9-7-13)11-4-2-3-5-12(11)15/h2-5,14H,6-10H2,1H3/i/hD. The van der Waals surface area contributed by atoms with Crippen LogP contribution in [-0.4, -0.2) is 34.3 Å². The first-order chi connectivity index (χ1) is 8.92. The first-order valence-corrected chi connectivity index (χ1v) is 8.08. The summed E-state index contributed by atoms with van der Waals surface area (Å²) in [5.74, 6) is 0. The van der Waals surface area contributed by atoms with Crippen molar-refractivity contribution in [2.75, 3.05) is 30.2 Å². The molecule has 0 amide bonds. The molecule has 2 aliphatic heterocycles. The molecule has 1 fully saturated rings. The van der Waals surface area contributed by atoms with Crippen LogP contribution in [0.25, 0.3) is 0 Å². The molecule has 1 N–H and O–H groups in total. The molecule has 1 aromatic carbocycles. The summed E-state index contributed by atoms with van der Waals surface area (Å²) in [7, 11) is -3.23. The van der Waals surface area contributed by atoms with Gasteiger partial charge in [-0.15, -0.1) is 0 Å². The van der Waals surface area contributed by atoms with Gasteiger partial charge in [-0.1, -0.05) is 18.2 Å². The number of rotatable bonds is 1. The van der Waals surface area contributed by atoms with Crippen molar-refractivity contribution in [3.63, 3.8) is 0 Å². The zero-order chi connectivity index (χ0) is 13.7. The average molecular weight is 267 g/mol. The van der Waals surface area contributed by atoms with Crippen molar-refractivity contribution in [1.29, 1.82) is 0 Å². The maximum absolute atomic E-state index is 12.0. The minimum absolute atomic E-state index is 0.1000. The predicted octanol–water partition coefficient (Wildman–Crippen LogP) is 1.09. The van der Waals surface area contributed by atoms with Crippen molar-refractivity contribution in [2.24, 2.45) is 0 Å². The Morgan fingerprint density at radius 2 is 2.00 bits per heavy atom. The van der Waals surface area contributed by atoms with Crippen LogP contribution in [0.1, 0.15) is 18.4 Å². The molecule has 0 unspecified atom stereocenters. The highest BCUT2D eigenvalue weighted by molar-refractivity contribution is 7.92. The second kappa shape index (κ2) is 3.96. The molecule has 2 heterocycles. The van der Waals surface area contributed by atoms with E-state index in [0.29, 0.717) is 19.6 Å². The topological polar surface area (TPSA) is 49.4 Å². The Morgan fingerprint density at radius 3 is 2.67 bits per heavy atom. The number of para-hydroxylation sites is 1. The Labute approximate surface area is 110 Å². The van der Waals surface area contributed by atoms with Crippen molar-refractivity contribution < 1.29 is 9.83 Å². The maximum Gasteiger partial charge on any atom is 0.232 e. The lowest BCUT2D eigenvalue weighted by Gasteiger charge is -2.34. The number of anilines is 1. The van der Waals surface area contributed by atoms with Gasteiger partial charge in [-0.3, -0.25) is 4.31 Å². The summed E-state index contributed by atoms with van der Waals surface area (Å²) >= 11 is 0. The number of nitrogens with one attached hydrogen (secondary N) is 1. The minimum Gasteiger partial charge on any atom is -0.317 e. The summed E-state index contributed by atoms with van der Waals surface area (Å²) in [4.78, 5) is 0. The molecule has 1 aromatic rings. The van der Waals surface area contributed by atoms with Gasteiger partial charge in [-0.05, 0) is 37.6 Å². The first-order valence-electron chi connectivity index (χ1n) is 6.68. The zero-order valence-electron chi connectivity index (χ0n) is 11.5. The van der Waals surface area contributed by atoms with Gasteiger partial charge in [0.15, 0.2) is 0 Å². The Bertz CT molecular complexity index is 594. The molecule has 0 aromatic heterocycles. The number of nitrogens with zero attached hydrogens (tertiary/aromatic N) is 1. The van der Waals surface area contributed by atoms with Crippen molar-refractivity contribution in [1.82, 2.24) is 5.31 Å². The molecule has 5 heteroatoms. The number of benzene rings is 1. The van der Waals surface area contributed by atoms with Gasteiger partial charge >= 0.3 is 0 Å². The van der Waals surface area contributed by atoms with Gasteiger partial charge in [0.1, 0.15) is 1.41 Å². The number of piperidine rings is 1. The second-order valence-electron chi connectivity index (χ2n) is 5.24. The molecule has 0 aliphatic carbocycles. The lowest BCUT2D eigenvalue weighted by atomic mass is 9.75. The predicted molar refractivity (Wildman–Crippen MR) is 72.4 cm³/mol. The normalized spacial score (nSPS) is 24.1. The molecule has 0 radical (unpaired) electrons. The largest absolute Gasteiger partial charge is 0.317 e. The molecular formula is C13H18N2O2S. The molecular weight excluding hydrogens is 248 g/mol. The second-order valence-corrected chi connectivity index (χ2v) is 7.14. The fourth-order valence-electron chi connectivity index (χ4n) is 3.13. The van der Waals surface area contributed by atoms with Crippen LogP contribution in [-0.2, 0) is 15.4 Å². The van der Waals surface area contributed by atoms with Crippen molar-refractivity contribution in [3.05, 3.63) is 29.8 Å². The highest BCUT2D eigenvalue weighted by Gasteiger charge is 2.45. The van der Waals surface area contributed by atoms with Crippen LogP contribution in [0.15, 0.2) is 24.3 Å². The highest BCUT2D eigenvalue weighted by atomic mass is 32.2. The van der Waals surface area contributed by atoms with E-state index in [9.17, 15) is 8.42 Å². The Morgan fingerprint density at radius 1 is 1.33 bits per heavy atom. The minimum atomic E-state index is -3.23. The fourth-order valence-corrected chi connectivity index (χ4v) is 4.13. The third-order valence-electron chi connectivity index (χ3n) is 4.09. The van der Waals surface area contributed by atoms with Gasteiger partial charge in [-0.2, -0.15) is 0 Å². The summed E-state index contributed by atoms with van der Waals surface area (Å²) in [5.41, 5.74) is 1.86. The molecule has 1 spiro atoms. The van der Waals surface area contributed by atoms with Crippen LogP contribution >= 0.6 is 0 Å². The monoisotopic (exact) mass is 267 g/mol. The van der Waals surface area contributed by atoms with Gasteiger partial charge in [0.25, 0.3) is 0 Å². The molecule has 4 nitrogen and oxygen atoms in total. The van der Waals surface area contributed by atoms with Crippen LogP contribution in [0.3, 0.4) is 0 Å². The van der Waals surface area contributed by atoms with E-state index >= 15 is 0 Å². The number of fused-ring (bicyclic) bond motifs is 2. The fraction of sp³-hybridized carbons (Fsp3) is 0.538. The van der Waals surface area contributed by atoms with Crippen molar-refractivity contribution in [2.45, 2.75) is 18.3 Å². The summed E-state index contributed by atoms with van der Waals surface area (Å²) in [6.07, 6.45) is 2.96. The number of hydrogen-bond acceptors (Lipinski definition) is 3. The van der Waals surface area contributed by atoms with E-state index < -0.39 is 10.0 Å². The summed E-state index contributed by atoms with van der Waals surface area (Å²) < 4.78 is 33.1. The molecule has 1 saturated heterocycles. The van der Waals surface area contributed by atoms with Crippen LogP contribution in [0.4, 0.5) is 5.69 Å². The number of sulfonamides is 1. The van der Waals surface area contributed by atoms with Gasteiger partial charge in [-0.25, -0.2) is 8.42 Å². The van der Waals surface area contributed by atoms with Gasteiger partial charge in [0.2, 0.25) is 10.0 Å². The van der Waals surface area contributed by atoms with Crippen LogP contribution in [0.5, 0.6) is 0 Å². The third kappa shape index (κ3) is 1.73. The lowest BCUT2D eigenvalue weighted by Crippen LogP contribution is -2.44. The van der Waals surface area contributed by atoms with E-state index in [-0.39, 0.29) is 5.41 Å². The van der Waals surface area contributed by atoms with Crippen LogP contribution in [0, 0.1) is 0 Å². The summed E-state index contributed by atoms with van der Waals surface area (Å²) in [6.45, 7) is 1.93. The third-order valence-corrected chi connectivity index (χ3v) is 5.21. The highest BCUT2D eigenvalue weighted by Crippen LogP contribution is 2.46. The zero-order valence-corrected chi connectivity index (χ0v) is 11.3. The smallest absolute Gasteiger partial charge is 0.232 e. The molecule has 0 saturated carbocycles. The Kier molecular flexibility index (Phi) is 2.38. The van der Waals surface area contributed by atoms with Gasteiger partial charge in [0, 0.05) is 12.0 Å². The van der Waals surface area contributed by atoms with Crippen molar-refractivity contribution in [3.8, 4) is 0 Å². The van der Waals surface area contributed by atoms with E-state index in [2.05, 4.69) is 0 Å². The summed E-state index contributed by atoms with van der Waals surface area (Å²) in [6, 6.07) is 7.79. The van der Waals surface area contributed by atoms with E-state index in [1.54, 1.807) is 5.31 Å². The average Bonchev–Trinajstić information content (AvgIpc) is 2.69. The van der Waals surface area contributed by atoms with Crippen molar-refractivity contribution >= 4 is 15.7 Å². The van der Waals surface area contributed by atoms with E-state index in [1.807, 2.05) is 24.3 Å². The molecule has 3 rings (SSSR count). The van der Waals surface area contributed by atoms with Crippen LogP contribution < -0.4 is 9.62 Å². The molecule has 18 heavy (non-hydrogen) atoms. The first kappa shape index (κ1) is 10.8. The summed E-state index contributed by atoms with van der Waals surface area (Å²) in [5, 5.41) is 1.57. The Hall–Kier alpha value is -1.07. The van der Waals surface area contributed by atoms with Gasteiger partial charge in [0.05, 0.1) is 11.9 Å². The van der Waals surface area contributed by atoms with E-state index in [1.165, 1.54) is 10.6 Å². The molecule has 0 atom stereocenters. The number of hydrogen-bond donors (Lipinski definition) is 1. The van der Waals surface area contributed by atoms with Gasteiger partial charge < -0.3 is 5.31 Å². The maximum atomic E-state index is 12.0.